The van der Waals surface area contributed by atoms with Crippen LogP contribution in [0.4, 0.5) is 0 Å². The fourth-order valence-corrected chi connectivity index (χ4v) is 2.26. The van der Waals surface area contributed by atoms with Gasteiger partial charge in [-0.3, -0.25) is 4.79 Å². The van der Waals surface area contributed by atoms with Crippen LogP contribution in [-0.4, -0.2) is 25.0 Å². The van der Waals surface area contributed by atoms with E-state index in [1.54, 1.807) is 6.92 Å². The lowest BCUT2D eigenvalue weighted by molar-refractivity contribution is -0.146. The molecule has 3 atom stereocenters. The smallest absolute Gasteiger partial charge is 0.328 e. The highest BCUT2D eigenvalue weighted by Gasteiger charge is 2.28. The Bertz CT molecular complexity index is 494. The molecule has 0 bridgehead atoms. The van der Waals surface area contributed by atoms with Gasteiger partial charge < -0.3 is 15.8 Å². The van der Waals surface area contributed by atoms with Gasteiger partial charge in [-0.2, -0.15) is 0 Å². The fraction of sp³-hybridized carbons (Fsp3) is 0.529. The van der Waals surface area contributed by atoms with Gasteiger partial charge >= 0.3 is 5.97 Å². The molecular weight excluding hydrogens is 316 g/mol. The standard InChI is InChI=1S/C17H26N2O3.ClH/c1-11(2)10-14(17(21)22-4)19-16(20)12(3)15(18)13-8-6-5-7-9-13;/h5-9,11-12,14-15H,10,18H2,1-4H3,(H,19,20);1H. The van der Waals surface area contributed by atoms with E-state index in [0.717, 1.165) is 5.56 Å². The largest absolute Gasteiger partial charge is 0.467 e. The molecule has 23 heavy (non-hydrogen) atoms. The third kappa shape index (κ3) is 6.59. The minimum absolute atomic E-state index is 0. The summed E-state index contributed by atoms with van der Waals surface area (Å²) in [5, 5.41) is 2.76. The van der Waals surface area contributed by atoms with E-state index in [-0.39, 0.29) is 24.2 Å². The summed E-state index contributed by atoms with van der Waals surface area (Å²) in [4.78, 5) is 24.1. The van der Waals surface area contributed by atoms with Gasteiger partial charge in [0, 0.05) is 6.04 Å². The van der Waals surface area contributed by atoms with Crippen LogP contribution in [0.1, 0.15) is 38.8 Å². The van der Waals surface area contributed by atoms with Crippen molar-refractivity contribution >= 4 is 24.3 Å². The lowest BCUT2D eigenvalue weighted by atomic mass is 9.94. The van der Waals surface area contributed by atoms with Gasteiger partial charge in [0.15, 0.2) is 0 Å². The summed E-state index contributed by atoms with van der Waals surface area (Å²) in [7, 11) is 1.32. The van der Waals surface area contributed by atoms with Gasteiger partial charge in [-0.15, -0.1) is 12.4 Å². The molecule has 0 heterocycles. The van der Waals surface area contributed by atoms with Crippen LogP contribution in [0.3, 0.4) is 0 Å². The maximum Gasteiger partial charge on any atom is 0.328 e. The summed E-state index contributed by atoms with van der Waals surface area (Å²) >= 11 is 0. The maximum atomic E-state index is 12.4. The number of rotatable bonds is 7. The third-order valence-corrected chi connectivity index (χ3v) is 3.65. The Morgan fingerprint density at radius 1 is 1.17 bits per heavy atom. The maximum absolute atomic E-state index is 12.4. The van der Waals surface area contributed by atoms with Crippen LogP contribution in [0.15, 0.2) is 30.3 Å². The third-order valence-electron chi connectivity index (χ3n) is 3.65. The van der Waals surface area contributed by atoms with Crippen LogP contribution in [0.5, 0.6) is 0 Å². The quantitative estimate of drug-likeness (QED) is 0.746. The van der Waals surface area contributed by atoms with Crippen molar-refractivity contribution in [3.8, 4) is 0 Å². The number of nitrogens with one attached hydrogen (secondary N) is 1. The van der Waals surface area contributed by atoms with Crippen molar-refractivity contribution in [2.24, 2.45) is 17.6 Å². The number of carbonyl (C=O) groups excluding carboxylic acids is 2. The monoisotopic (exact) mass is 342 g/mol. The second-order valence-corrected chi connectivity index (χ2v) is 5.94. The average Bonchev–Trinajstić information content (AvgIpc) is 2.52. The van der Waals surface area contributed by atoms with E-state index in [2.05, 4.69) is 5.32 Å². The molecule has 6 heteroatoms. The number of carbonyl (C=O) groups is 2. The number of benzene rings is 1. The van der Waals surface area contributed by atoms with Crippen molar-refractivity contribution in [3.63, 3.8) is 0 Å². The zero-order chi connectivity index (χ0) is 16.7. The number of halogens is 1. The van der Waals surface area contributed by atoms with Gasteiger partial charge in [-0.25, -0.2) is 4.79 Å². The summed E-state index contributed by atoms with van der Waals surface area (Å²) in [6.07, 6.45) is 0.533. The number of hydrogen-bond donors (Lipinski definition) is 2. The number of ether oxygens (including phenoxy) is 1. The molecule has 1 amide bonds. The van der Waals surface area contributed by atoms with Crippen molar-refractivity contribution in [3.05, 3.63) is 35.9 Å². The Morgan fingerprint density at radius 2 is 1.74 bits per heavy atom. The van der Waals surface area contributed by atoms with Crippen LogP contribution < -0.4 is 11.1 Å². The minimum Gasteiger partial charge on any atom is -0.467 e. The Balaban J connectivity index is 0.00000484. The van der Waals surface area contributed by atoms with Gasteiger partial charge in [0.1, 0.15) is 6.04 Å². The number of amides is 1. The summed E-state index contributed by atoms with van der Waals surface area (Å²) < 4.78 is 4.75. The molecule has 1 aromatic rings. The molecule has 5 nitrogen and oxygen atoms in total. The molecule has 3 N–H and O–H groups in total. The SMILES string of the molecule is COC(=O)C(CC(C)C)NC(=O)C(C)C(N)c1ccccc1.Cl. The Kier molecular flexibility index (Phi) is 9.53. The molecule has 1 aromatic carbocycles. The molecule has 0 aromatic heterocycles. The second kappa shape index (κ2) is 10.2. The van der Waals surface area contributed by atoms with Crippen molar-refractivity contribution in [2.75, 3.05) is 7.11 Å². The molecule has 0 radical (unpaired) electrons. The van der Waals surface area contributed by atoms with E-state index < -0.39 is 24.0 Å². The molecular formula is C17H27ClN2O3. The van der Waals surface area contributed by atoms with Crippen molar-refractivity contribution in [2.45, 2.75) is 39.3 Å². The molecule has 0 saturated heterocycles. The molecule has 0 saturated carbocycles. The first-order chi connectivity index (χ1) is 10.4. The lowest BCUT2D eigenvalue weighted by Gasteiger charge is -2.24. The molecule has 3 unspecified atom stereocenters. The number of methoxy groups -OCH3 is 1. The zero-order valence-electron chi connectivity index (χ0n) is 14.1. The summed E-state index contributed by atoms with van der Waals surface area (Å²) in [6, 6.07) is 8.39. The van der Waals surface area contributed by atoms with Crippen LogP contribution in [0.25, 0.3) is 0 Å². The van der Waals surface area contributed by atoms with Crippen LogP contribution >= 0.6 is 12.4 Å². The first kappa shape index (κ1) is 21.4. The molecule has 0 aliphatic heterocycles. The number of hydrogen-bond acceptors (Lipinski definition) is 4. The van der Waals surface area contributed by atoms with E-state index >= 15 is 0 Å². The number of nitrogens with two attached hydrogens (primary N) is 1. The highest BCUT2D eigenvalue weighted by atomic mass is 35.5. The van der Waals surface area contributed by atoms with E-state index in [0.29, 0.717) is 6.42 Å². The molecule has 0 aliphatic rings. The van der Waals surface area contributed by atoms with E-state index in [1.165, 1.54) is 7.11 Å². The van der Waals surface area contributed by atoms with Gasteiger partial charge in [-0.05, 0) is 17.9 Å². The van der Waals surface area contributed by atoms with E-state index in [4.69, 9.17) is 10.5 Å². The predicted octanol–water partition coefficient (Wildman–Crippen LogP) is 2.45. The highest BCUT2D eigenvalue weighted by molar-refractivity contribution is 5.86. The molecule has 130 valence electrons. The van der Waals surface area contributed by atoms with Gasteiger partial charge in [0.05, 0.1) is 13.0 Å². The minimum atomic E-state index is -0.636. The Hall–Kier alpha value is -1.59. The van der Waals surface area contributed by atoms with E-state index in [1.807, 2.05) is 44.2 Å². The first-order valence-corrected chi connectivity index (χ1v) is 7.55. The zero-order valence-corrected chi connectivity index (χ0v) is 14.9. The Morgan fingerprint density at radius 3 is 2.22 bits per heavy atom. The average molecular weight is 343 g/mol. The summed E-state index contributed by atoms with van der Waals surface area (Å²) in [6.45, 7) is 5.74. The Labute approximate surface area is 144 Å². The normalized spacial score (nSPS) is 14.3. The topological polar surface area (TPSA) is 81.4 Å². The lowest BCUT2D eigenvalue weighted by Crippen LogP contribution is -2.46. The van der Waals surface area contributed by atoms with Gasteiger partial charge in [0.25, 0.3) is 0 Å². The van der Waals surface area contributed by atoms with E-state index in [9.17, 15) is 9.59 Å². The predicted molar refractivity (Wildman–Crippen MR) is 93.2 cm³/mol. The number of esters is 1. The van der Waals surface area contributed by atoms with Crippen LogP contribution in [-0.2, 0) is 14.3 Å². The van der Waals surface area contributed by atoms with Crippen molar-refractivity contribution in [1.82, 2.24) is 5.32 Å². The van der Waals surface area contributed by atoms with Crippen LogP contribution in [0.2, 0.25) is 0 Å². The van der Waals surface area contributed by atoms with Gasteiger partial charge in [-0.1, -0.05) is 51.1 Å². The second-order valence-electron chi connectivity index (χ2n) is 5.94. The first-order valence-electron chi connectivity index (χ1n) is 7.55. The molecule has 1 rings (SSSR count). The van der Waals surface area contributed by atoms with Gasteiger partial charge in [0.2, 0.25) is 5.91 Å². The van der Waals surface area contributed by atoms with Crippen LogP contribution in [0, 0.1) is 11.8 Å². The fourth-order valence-electron chi connectivity index (χ4n) is 2.26. The van der Waals surface area contributed by atoms with Crippen molar-refractivity contribution < 1.29 is 14.3 Å². The summed E-state index contributed by atoms with van der Waals surface area (Å²) in [5.41, 5.74) is 7.04. The van der Waals surface area contributed by atoms with Crippen molar-refractivity contribution in [1.29, 1.82) is 0 Å². The molecule has 0 fully saturated rings. The molecule has 0 aliphatic carbocycles. The summed E-state index contributed by atoms with van der Waals surface area (Å²) in [5.74, 6) is -0.848. The highest BCUT2D eigenvalue weighted by Crippen LogP contribution is 2.19. The molecule has 0 spiro atoms.